The average Bonchev–Trinajstić information content (AvgIpc) is 3.25. The van der Waals surface area contributed by atoms with Crippen molar-refractivity contribution in [3.8, 4) is 22.9 Å². The van der Waals surface area contributed by atoms with Gasteiger partial charge >= 0.3 is 0 Å². The van der Waals surface area contributed by atoms with E-state index in [2.05, 4.69) is 22.1 Å². The maximum Gasteiger partial charge on any atom is 0.227 e. The molecule has 0 unspecified atom stereocenters. The van der Waals surface area contributed by atoms with Crippen LogP contribution in [0.4, 0.5) is 0 Å². The Balaban J connectivity index is 1.51. The number of benzene rings is 3. The van der Waals surface area contributed by atoms with E-state index in [0.29, 0.717) is 11.8 Å². The first-order chi connectivity index (χ1) is 12.9. The van der Waals surface area contributed by atoms with Gasteiger partial charge in [0.1, 0.15) is 11.0 Å². The molecule has 0 radical (unpaired) electrons. The minimum absolute atomic E-state index is 0.686. The molecule has 6 rings (SSSR count). The summed E-state index contributed by atoms with van der Waals surface area (Å²) in [6, 6.07) is 19.9. The van der Waals surface area contributed by atoms with E-state index in [9.17, 15) is 0 Å². The van der Waals surface area contributed by atoms with Gasteiger partial charge < -0.3 is 8.83 Å². The number of fused-ring (bicyclic) bond motifs is 3. The quantitative estimate of drug-likeness (QED) is 0.432. The summed E-state index contributed by atoms with van der Waals surface area (Å²) in [5, 5.41) is 0. The highest BCUT2D eigenvalue weighted by molar-refractivity contribution is 5.81. The molecule has 0 aliphatic heterocycles. The van der Waals surface area contributed by atoms with Crippen LogP contribution in [0.1, 0.15) is 11.1 Å². The van der Waals surface area contributed by atoms with E-state index in [1.165, 1.54) is 11.1 Å². The Morgan fingerprint density at radius 1 is 0.577 bits per heavy atom. The molecule has 0 N–H and O–H groups in total. The van der Waals surface area contributed by atoms with Crippen LogP contribution in [0.5, 0.6) is 0 Å². The molecule has 0 saturated carbocycles. The van der Waals surface area contributed by atoms with Gasteiger partial charge in [-0.25, -0.2) is 9.97 Å². The summed E-state index contributed by atoms with van der Waals surface area (Å²) in [4.78, 5) is 9.30. The van der Waals surface area contributed by atoms with Gasteiger partial charge in [0, 0.05) is 11.1 Å². The van der Waals surface area contributed by atoms with Crippen LogP contribution in [0.15, 0.2) is 69.5 Å². The van der Waals surface area contributed by atoms with Crippen molar-refractivity contribution in [3.05, 3.63) is 71.8 Å². The molecular weight excluding hydrogens is 324 g/mol. The van der Waals surface area contributed by atoms with Gasteiger partial charge in [-0.15, -0.1) is 0 Å². The lowest BCUT2D eigenvalue weighted by molar-refractivity contribution is 0.612. The molecule has 1 aliphatic rings. The van der Waals surface area contributed by atoms with E-state index in [1.54, 1.807) is 0 Å². The lowest BCUT2D eigenvalue weighted by atomic mass is 9.81. The van der Waals surface area contributed by atoms with E-state index < -0.39 is 0 Å². The number of aromatic nitrogens is 2. The van der Waals surface area contributed by atoms with Crippen molar-refractivity contribution >= 4 is 22.2 Å². The third-order valence-electron chi connectivity index (χ3n) is 5.10. The Bertz CT molecular complexity index is 1130. The molecule has 4 nitrogen and oxygen atoms in total. The molecule has 0 bridgehead atoms. The molecule has 2 aromatic heterocycles. The minimum atomic E-state index is 0.686. The van der Waals surface area contributed by atoms with Gasteiger partial charge in [0.05, 0.1) is 0 Å². The maximum absolute atomic E-state index is 5.97. The second-order valence-electron chi connectivity index (χ2n) is 6.59. The second-order valence-corrected chi connectivity index (χ2v) is 6.59. The number of hydrogen-bond acceptors (Lipinski definition) is 4. The van der Waals surface area contributed by atoms with E-state index in [-0.39, 0.29) is 0 Å². The second kappa shape index (κ2) is 5.05. The van der Waals surface area contributed by atoms with Crippen LogP contribution in [0.3, 0.4) is 0 Å². The Labute approximate surface area is 149 Å². The van der Waals surface area contributed by atoms with Crippen LogP contribution >= 0.6 is 0 Å². The largest absolute Gasteiger partial charge is 0.436 e. The Kier molecular flexibility index (Phi) is 2.69. The Morgan fingerprint density at radius 2 is 1.04 bits per heavy atom. The van der Waals surface area contributed by atoms with Crippen LogP contribution in [-0.2, 0) is 12.8 Å². The highest BCUT2D eigenvalue weighted by Gasteiger charge is 2.26. The van der Waals surface area contributed by atoms with Crippen molar-refractivity contribution in [2.75, 3.05) is 0 Å². The first-order valence-electron chi connectivity index (χ1n) is 8.73. The highest BCUT2D eigenvalue weighted by Crippen LogP contribution is 2.40. The molecular formula is C22H14N2O2. The van der Waals surface area contributed by atoms with Crippen molar-refractivity contribution in [2.24, 2.45) is 0 Å². The number of para-hydroxylation sites is 4. The third kappa shape index (κ3) is 1.90. The van der Waals surface area contributed by atoms with Gasteiger partial charge in [0.15, 0.2) is 11.2 Å². The lowest BCUT2D eigenvalue weighted by Crippen LogP contribution is -2.12. The summed E-state index contributed by atoms with van der Waals surface area (Å²) in [5.74, 6) is 1.37. The SMILES string of the molecule is c1ccc2oc(-c3ccc(-c4nc5ccccc5o4)c4c3CC4)nc2c1. The topological polar surface area (TPSA) is 52.1 Å². The van der Waals surface area contributed by atoms with Crippen molar-refractivity contribution in [1.82, 2.24) is 9.97 Å². The van der Waals surface area contributed by atoms with Crippen molar-refractivity contribution < 1.29 is 8.83 Å². The molecule has 26 heavy (non-hydrogen) atoms. The summed E-state index contributed by atoms with van der Waals surface area (Å²) >= 11 is 0. The van der Waals surface area contributed by atoms with Crippen molar-refractivity contribution in [1.29, 1.82) is 0 Å². The number of nitrogens with zero attached hydrogens (tertiary/aromatic N) is 2. The number of oxazole rings is 2. The van der Waals surface area contributed by atoms with Crippen LogP contribution < -0.4 is 0 Å². The molecule has 1 aliphatic carbocycles. The summed E-state index contributed by atoms with van der Waals surface area (Å²) in [6.45, 7) is 0. The summed E-state index contributed by atoms with van der Waals surface area (Å²) in [7, 11) is 0. The van der Waals surface area contributed by atoms with Gasteiger partial charge in [0.25, 0.3) is 0 Å². The first-order valence-corrected chi connectivity index (χ1v) is 8.73. The molecule has 2 heterocycles. The summed E-state index contributed by atoms with van der Waals surface area (Å²) in [6.07, 6.45) is 2.05. The van der Waals surface area contributed by atoms with E-state index >= 15 is 0 Å². The van der Waals surface area contributed by atoms with E-state index in [1.807, 2.05) is 48.5 Å². The number of hydrogen-bond donors (Lipinski definition) is 0. The van der Waals surface area contributed by atoms with Crippen molar-refractivity contribution in [2.45, 2.75) is 12.8 Å². The predicted octanol–water partition coefficient (Wildman–Crippen LogP) is 5.40. The average molecular weight is 338 g/mol. The van der Waals surface area contributed by atoms with Crippen molar-refractivity contribution in [3.63, 3.8) is 0 Å². The van der Waals surface area contributed by atoms with Gasteiger partial charge in [-0.05, 0) is 60.4 Å². The van der Waals surface area contributed by atoms with Crippen LogP contribution in [-0.4, -0.2) is 9.97 Å². The standard InChI is InChI=1S/C22H14N2O2/c1-3-7-19-17(5-1)23-21(25-19)15-11-12-16(14-10-9-13(14)15)22-24-18-6-2-4-8-20(18)26-22/h1-8,11-12H,9-10H2. The van der Waals surface area contributed by atoms with Crippen LogP contribution in [0.2, 0.25) is 0 Å². The summed E-state index contributed by atoms with van der Waals surface area (Å²) < 4.78 is 11.9. The summed E-state index contributed by atoms with van der Waals surface area (Å²) in [5.41, 5.74) is 8.13. The third-order valence-corrected chi connectivity index (χ3v) is 5.10. The monoisotopic (exact) mass is 338 g/mol. The zero-order valence-corrected chi connectivity index (χ0v) is 13.9. The molecule has 124 valence electrons. The molecule has 3 aromatic carbocycles. The zero-order chi connectivity index (χ0) is 17.1. The molecule has 5 aromatic rings. The van der Waals surface area contributed by atoms with Crippen LogP contribution in [0, 0.1) is 0 Å². The first kappa shape index (κ1) is 13.8. The Morgan fingerprint density at radius 3 is 1.46 bits per heavy atom. The minimum Gasteiger partial charge on any atom is -0.436 e. The lowest BCUT2D eigenvalue weighted by Gasteiger charge is -2.23. The van der Waals surface area contributed by atoms with E-state index in [4.69, 9.17) is 8.83 Å². The molecule has 0 saturated heterocycles. The normalized spacial score (nSPS) is 13.1. The molecule has 0 spiro atoms. The van der Waals surface area contributed by atoms with Crippen LogP contribution in [0.25, 0.3) is 45.1 Å². The van der Waals surface area contributed by atoms with Gasteiger partial charge in [-0.1, -0.05) is 24.3 Å². The highest BCUT2D eigenvalue weighted by atomic mass is 16.4. The fraction of sp³-hybridized carbons (Fsp3) is 0.0909. The van der Waals surface area contributed by atoms with Gasteiger partial charge in [0.2, 0.25) is 11.8 Å². The number of rotatable bonds is 2. The zero-order valence-electron chi connectivity index (χ0n) is 13.9. The predicted molar refractivity (Wildman–Crippen MR) is 99.9 cm³/mol. The maximum atomic E-state index is 5.97. The smallest absolute Gasteiger partial charge is 0.227 e. The molecule has 0 fully saturated rings. The fourth-order valence-electron chi connectivity index (χ4n) is 3.71. The molecule has 4 heteroatoms. The molecule has 0 amide bonds. The van der Waals surface area contributed by atoms with Gasteiger partial charge in [-0.2, -0.15) is 0 Å². The fourth-order valence-corrected chi connectivity index (χ4v) is 3.71. The van der Waals surface area contributed by atoms with E-state index in [0.717, 1.165) is 46.2 Å². The Hall–Kier alpha value is -3.40. The van der Waals surface area contributed by atoms with Gasteiger partial charge in [-0.3, -0.25) is 0 Å². The molecule has 0 atom stereocenters.